The Morgan fingerprint density at radius 2 is 1.37 bits per heavy atom. The van der Waals surface area contributed by atoms with Gasteiger partial charge in [-0.15, -0.1) is 0 Å². The largest absolute Gasteiger partial charge is 0.478 e. The van der Waals surface area contributed by atoms with Crippen LogP contribution in [0.5, 0.6) is 5.88 Å². The zero-order chi connectivity index (χ0) is 42.6. The molecule has 330 valence electrons. The first-order valence-electron chi connectivity index (χ1n) is 21.4. The first kappa shape index (κ1) is 50.1. The second kappa shape index (κ2) is 22.6. The second-order valence-electron chi connectivity index (χ2n) is 19.7. The monoisotopic (exact) mass is 819 g/mol. The quantitative estimate of drug-likeness (QED) is 0.153. The van der Waals surface area contributed by atoms with Crippen LogP contribution in [0.4, 0.5) is 5.69 Å². The van der Waals surface area contributed by atoms with Crippen molar-refractivity contribution in [2.45, 2.75) is 176 Å². The Morgan fingerprint density at radius 3 is 1.97 bits per heavy atom. The summed E-state index contributed by atoms with van der Waals surface area (Å²) in [5.74, 6) is 13.0. The summed E-state index contributed by atoms with van der Waals surface area (Å²) in [7, 11) is 0. The van der Waals surface area contributed by atoms with Gasteiger partial charge in [0.2, 0.25) is 5.88 Å². The van der Waals surface area contributed by atoms with Gasteiger partial charge in [0, 0.05) is 67.8 Å². The molecule has 0 N–H and O–H groups in total. The van der Waals surface area contributed by atoms with E-state index in [0.717, 1.165) is 69.5 Å². The number of ether oxygens (including phenoxy) is 6. The Balaban J connectivity index is 0.000000313. The lowest BCUT2D eigenvalue weighted by Gasteiger charge is -2.47. The summed E-state index contributed by atoms with van der Waals surface area (Å²) < 4.78 is 35.1. The summed E-state index contributed by atoms with van der Waals surface area (Å²) in [4.78, 5) is 13.6. The molecule has 2 aromatic rings. The molecule has 3 fully saturated rings. The van der Waals surface area contributed by atoms with Gasteiger partial charge in [-0.3, -0.25) is 4.90 Å². The maximum absolute atomic E-state index is 6.35. The Kier molecular flexibility index (Phi) is 19.2. The third-order valence-corrected chi connectivity index (χ3v) is 9.84. The molecule has 0 aromatic carbocycles. The van der Waals surface area contributed by atoms with E-state index in [1.54, 1.807) is 6.20 Å². The summed E-state index contributed by atoms with van der Waals surface area (Å²) in [6, 6.07) is 5.88. The van der Waals surface area contributed by atoms with Crippen molar-refractivity contribution in [2.24, 2.45) is 0 Å². The number of hydrogen-bond donors (Lipinski definition) is 0. The van der Waals surface area contributed by atoms with Crippen LogP contribution >= 0.6 is 0 Å². The van der Waals surface area contributed by atoms with Crippen LogP contribution < -0.4 is 9.64 Å². The lowest BCUT2D eigenvalue weighted by atomic mass is 9.90. The molecule has 0 atom stereocenters. The highest BCUT2D eigenvalue weighted by molar-refractivity contribution is 5.55. The number of nitrogens with zero attached hydrogens (tertiary/aromatic N) is 4. The third-order valence-electron chi connectivity index (χ3n) is 9.84. The standard InChI is InChI=1S/C26H40N2O3.C22H34N2O3.CH4/c1-19-18-27-20(9-8-14-29-25(2,3)4)15-24(19)28-12-10-21(11-13-28)30-22-16-23(17-22)31-26(5,6)7;1-21(2,3)24-16-19(17-24)25-12-7-9-18-10-11-20(23-15-18)26-13-8-14-27-22(4,5)6;/h15,18,21-23H,10-14,16-17H2,1-7H3;10-11,15,19H,8,12-14,16-17H2,1-6H3;1H4. The van der Waals surface area contributed by atoms with Crippen molar-refractivity contribution in [1.29, 1.82) is 0 Å². The maximum Gasteiger partial charge on any atom is 0.213 e. The van der Waals surface area contributed by atoms with Gasteiger partial charge in [-0.05, 0) is 139 Å². The molecule has 0 radical (unpaired) electrons. The lowest BCUT2D eigenvalue weighted by molar-refractivity contribution is -0.164. The molecule has 10 heteroatoms. The molecule has 1 aliphatic carbocycles. The van der Waals surface area contributed by atoms with Gasteiger partial charge < -0.3 is 33.3 Å². The Hall–Kier alpha value is -3.22. The Morgan fingerprint density at radius 1 is 0.712 bits per heavy atom. The van der Waals surface area contributed by atoms with Crippen molar-refractivity contribution in [3.63, 3.8) is 0 Å². The SMILES string of the molecule is C.CC(C)(C)OCCCOc1ccc(C#CCOC2CN(C(C)(C)C)C2)cn1.Cc1cnc(C#CCOC(C)(C)C)cc1N1CCC(OC2CC(OC(C)(C)C)C2)CC1. The van der Waals surface area contributed by atoms with Crippen LogP contribution in [0.3, 0.4) is 0 Å². The number of anilines is 1. The fourth-order valence-corrected chi connectivity index (χ4v) is 6.57. The van der Waals surface area contributed by atoms with Gasteiger partial charge >= 0.3 is 0 Å². The zero-order valence-corrected chi connectivity index (χ0v) is 38.1. The molecule has 0 bridgehead atoms. The van der Waals surface area contributed by atoms with Gasteiger partial charge in [-0.1, -0.05) is 25.2 Å². The van der Waals surface area contributed by atoms with E-state index in [0.29, 0.717) is 56.7 Å². The van der Waals surface area contributed by atoms with E-state index in [-0.39, 0.29) is 29.8 Å². The van der Waals surface area contributed by atoms with E-state index < -0.39 is 0 Å². The van der Waals surface area contributed by atoms with Gasteiger partial charge in [0.1, 0.15) is 18.9 Å². The summed E-state index contributed by atoms with van der Waals surface area (Å²) in [5.41, 5.74) is 3.98. The highest BCUT2D eigenvalue weighted by Gasteiger charge is 2.36. The van der Waals surface area contributed by atoms with Gasteiger partial charge in [0.15, 0.2) is 0 Å². The topological polar surface area (TPSA) is 87.6 Å². The Labute approximate surface area is 358 Å². The molecule has 10 nitrogen and oxygen atoms in total. The van der Waals surface area contributed by atoms with E-state index in [1.807, 2.05) is 59.9 Å². The number of piperidine rings is 1. The molecule has 5 rings (SSSR count). The molecule has 0 unspecified atom stereocenters. The summed E-state index contributed by atoms with van der Waals surface area (Å²) in [6.07, 6.45) is 10.1. The molecule has 3 aliphatic rings. The molecule has 0 amide bonds. The van der Waals surface area contributed by atoms with Crippen LogP contribution in [-0.2, 0) is 23.7 Å². The third kappa shape index (κ3) is 19.4. The fraction of sp³-hybridized carbons (Fsp3) is 0.714. The van der Waals surface area contributed by atoms with E-state index in [9.17, 15) is 0 Å². The number of pyridine rings is 2. The van der Waals surface area contributed by atoms with Crippen LogP contribution in [0.1, 0.15) is 139 Å². The van der Waals surface area contributed by atoms with Crippen LogP contribution in [0.15, 0.2) is 30.6 Å². The average molecular weight is 819 g/mol. The number of hydrogen-bond acceptors (Lipinski definition) is 10. The number of likely N-dealkylation sites (tertiary alicyclic amines) is 1. The first-order valence-corrected chi connectivity index (χ1v) is 21.4. The first-order chi connectivity index (χ1) is 27.1. The van der Waals surface area contributed by atoms with Crippen molar-refractivity contribution in [3.8, 4) is 29.6 Å². The van der Waals surface area contributed by atoms with Crippen LogP contribution in [0, 0.1) is 30.6 Å². The average Bonchev–Trinajstić information content (AvgIpc) is 3.08. The minimum Gasteiger partial charge on any atom is -0.478 e. The Bertz CT molecular complexity index is 1660. The number of rotatable bonds is 12. The second-order valence-corrected chi connectivity index (χ2v) is 19.7. The highest BCUT2D eigenvalue weighted by atomic mass is 16.5. The molecule has 2 aliphatic heterocycles. The molecular formula is C49H78N4O6. The summed E-state index contributed by atoms with van der Waals surface area (Å²) in [6.45, 7) is 33.5. The number of aryl methyl sites for hydroxylation is 1. The molecule has 0 spiro atoms. The summed E-state index contributed by atoms with van der Waals surface area (Å²) in [5, 5.41) is 0. The van der Waals surface area contributed by atoms with Crippen molar-refractivity contribution < 1.29 is 28.4 Å². The van der Waals surface area contributed by atoms with Gasteiger partial charge in [0.05, 0.1) is 54.4 Å². The number of aromatic nitrogens is 2. The van der Waals surface area contributed by atoms with Crippen molar-refractivity contribution in [3.05, 3.63) is 47.4 Å². The minimum atomic E-state index is -0.174. The van der Waals surface area contributed by atoms with E-state index in [1.165, 1.54) is 11.3 Å². The molecule has 2 saturated heterocycles. The fourth-order valence-electron chi connectivity index (χ4n) is 6.57. The molecule has 4 heterocycles. The van der Waals surface area contributed by atoms with Gasteiger partial charge in [0.25, 0.3) is 0 Å². The van der Waals surface area contributed by atoms with Crippen LogP contribution in [0.2, 0.25) is 0 Å². The van der Waals surface area contributed by atoms with Crippen LogP contribution in [-0.4, -0.2) is 114 Å². The minimum absolute atomic E-state index is 0. The van der Waals surface area contributed by atoms with E-state index in [4.69, 9.17) is 28.4 Å². The zero-order valence-electron chi connectivity index (χ0n) is 38.1. The smallest absolute Gasteiger partial charge is 0.213 e. The van der Waals surface area contributed by atoms with E-state index >= 15 is 0 Å². The highest BCUT2D eigenvalue weighted by Crippen LogP contribution is 2.33. The molecule has 59 heavy (non-hydrogen) atoms. The van der Waals surface area contributed by atoms with Gasteiger partial charge in [-0.2, -0.15) is 0 Å². The maximum atomic E-state index is 6.35. The van der Waals surface area contributed by atoms with E-state index in [2.05, 4.69) is 98.0 Å². The van der Waals surface area contributed by atoms with Crippen molar-refractivity contribution in [1.82, 2.24) is 14.9 Å². The normalized spacial score (nSPS) is 19.1. The molecular weight excluding hydrogens is 741 g/mol. The van der Waals surface area contributed by atoms with Crippen molar-refractivity contribution in [2.75, 3.05) is 57.5 Å². The van der Waals surface area contributed by atoms with Crippen LogP contribution in [0.25, 0.3) is 0 Å². The molecule has 1 saturated carbocycles. The lowest BCUT2D eigenvalue weighted by Crippen LogP contribution is -2.59. The summed E-state index contributed by atoms with van der Waals surface area (Å²) >= 11 is 0. The van der Waals surface area contributed by atoms with Crippen molar-refractivity contribution >= 4 is 5.69 Å². The predicted molar refractivity (Wildman–Crippen MR) is 240 cm³/mol. The molecule has 2 aromatic heterocycles. The van der Waals surface area contributed by atoms with Gasteiger partial charge in [-0.25, -0.2) is 9.97 Å². The predicted octanol–water partition coefficient (Wildman–Crippen LogP) is 9.04.